The van der Waals surface area contributed by atoms with Gasteiger partial charge >= 0.3 is 0 Å². The number of hydrogen-bond acceptors (Lipinski definition) is 4. The molecule has 0 saturated carbocycles. The summed E-state index contributed by atoms with van der Waals surface area (Å²) in [6.07, 6.45) is 0. The molecule has 0 aliphatic carbocycles. The third kappa shape index (κ3) is 5.73. The van der Waals surface area contributed by atoms with Gasteiger partial charge in [0.15, 0.2) is 5.58 Å². The van der Waals surface area contributed by atoms with Crippen molar-refractivity contribution in [3.8, 4) is 44.8 Å². The lowest BCUT2D eigenvalue weighted by molar-refractivity contribution is 0.617. The first kappa shape index (κ1) is 30.6. The van der Waals surface area contributed by atoms with Crippen molar-refractivity contribution in [3.63, 3.8) is 0 Å². The SMILES string of the molecule is c1ccc(-c2ccc(-c3ccc(N(c4ccccc4)c4ccc(-c5ccc6c(c5)oc5cc7oc(-c8ccccc8)nc7cc56)cc4)cc3)cc2)cc1. The third-order valence-corrected chi connectivity index (χ3v) is 9.93. The van der Waals surface area contributed by atoms with Crippen LogP contribution >= 0.6 is 0 Å². The molecule has 8 aromatic carbocycles. The summed E-state index contributed by atoms with van der Waals surface area (Å²) in [4.78, 5) is 7.06. The maximum absolute atomic E-state index is 6.39. The van der Waals surface area contributed by atoms with E-state index in [0.29, 0.717) is 11.5 Å². The van der Waals surface area contributed by atoms with Gasteiger partial charge in [0.25, 0.3) is 0 Å². The third-order valence-electron chi connectivity index (χ3n) is 9.93. The molecule has 0 aliphatic heterocycles. The number of oxazole rings is 1. The van der Waals surface area contributed by atoms with Gasteiger partial charge in [-0.3, -0.25) is 0 Å². The minimum atomic E-state index is 0.608. The van der Waals surface area contributed by atoms with Crippen LogP contribution < -0.4 is 4.90 Å². The van der Waals surface area contributed by atoms with Crippen molar-refractivity contribution < 1.29 is 8.83 Å². The molecule has 10 rings (SSSR count). The van der Waals surface area contributed by atoms with E-state index in [4.69, 9.17) is 13.8 Å². The molecule has 2 aromatic heterocycles. The molecule has 0 atom stereocenters. The summed E-state index contributed by atoms with van der Waals surface area (Å²) in [7, 11) is 0. The van der Waals surface area contributed by atoms with Crippen LogP contribution in [0.5, 0.6) is 0 Å². The van der Waals surface area contributed by atoms with Crippen LogP contribution in [0, 0.1) is 0 Å². The monoisotopic (exact) mass is 680 g/mol. The first-order valence-corrected chi connectivity index (χ1v) is 17.8. The zero-order chi connectivity index (χ0) is 35.1. The van der Waals surface area contributed by atoms with E-state index in [0.717, 1.165) is 61.2 Å². The fraction of sp³-hybridized carbons (Fsp3) is 0. The second-order valence-electron chi connectivity index (χ2n) is 13.2. The Hall–Kier alpha value is -7.17. The summed E-state index contributed by atoms with van der Waals surface area (Å²) < 4.78 is 12.5. The minimum Gasteiger partial charge on any atom is -0.456 e. The van der Waals surface area contributed by atoms with Gasteiger partial charge in [-0.05, 0) is 100 Å². The summed E-state index contributed by atoms with van der Waals surface area (Å²) >= 11 is 0. The summed E-state index contributed by atoms with van der Waals surface area (Å²) in [5.74, 6) is 0.608. The van der Waals surface area contributed by atoms with Gasteiger partial charge in [-0.1, -0.05) is 121 Å². The quantitative estimate of drug-likeness (QED) is 0.168. The number of anilines is 3. The lowest BCUT2D eigenvalue weighted by Crippen LogP contribution is -2.09. The standard InChI is InChI=1S/C49H32N2O2/c1-4-10-33(11-5-1)34-16-18-35(19-17-34)36-20-25-41(26-21-36)51(40-14-8-3-9-15-40)42-27-22-37(23-28-42)39-24-29-43-44-31-45-48(32-47(44)52-46(43)30-39)53-49(50-45)38-12-6-2-7-13-38/h1-32H. The fourth-order valence-electron chi connectivity index (χ4n) is 7.20. The van der Waals surface area contributed by atoms with Gasteiger partial charge < -0.3 is 13.7 Å². The van der Waals surface area contributed by atoms with Gasteiger partial charge in [-0.25, -0.2) is 4.98 Å². The highest BCUT2D eigenvalue weighted by atomic mass is 16.4. The molecule has 250 valence electrons. The fourth-order valence-corrected chi connectivity index (χ4v) is 7.20. The number of furan rings is 1. The number of nitrogens with zero attached hydrogens (tertiary/aromatic N) is 2. The van der Waals surface area contributed by atoms with Crippen LogP contribution in [-0.2, 0) is 0 Å². The second-order valence-corrected chi connectivity index (χ2v) is 13.2. The summed E-state index contributed by atoms with van der Waals surface area (Å²) in [6.45, 7) is 0. The van der Waals surface area contributed by atoms with Crippen molar-refractivity contribution >= 4 is 50.1 Å². The Morgan fingerprint density at radius 3 is 1.38 bits per heavy atom. The summed E-state index contributed by atoms with van der Waals surface area (Å²) in [5.41, 5.74) is 14.4. The Bertz CT molecular complexity index is 2840. The zero-order valence-electron chi connectivity index (χ0n) is 28.7. The number of rotatable bonds is 7. The molecule has 0 unspecified atom stereocenters. The molecule has 0 aliphatic rings. The smallest absolute Gasteiger partial charge is 0.227 e. The minimum absolute atomic E-state index is 0.608. The Labute approximate surface area is 306 Å². The van der Waals surface area contributed by atoms with Crippen LogP contribution in [0.15, 0.2) is 203 Å². The number of benzene rings is 8. The highest BCUT2D eigenvalue weighted by Gasteiger charge is 2.16. The number of fused-ring (bicyclic) bond motifs is 4. The zero-order valence-corrected chi connectivity index (χ0v) is 28.7. The van der Waals surface area contributed by atoms with Crippen molar-refractivity contribution in [3.05, 3.63) is 194 Å². The topological polar surface area (TPSA) is 42.4 Å². The predicted octanol–water partition coefficient (Wildman–Crippen LogP) is 13.9. The number of aromatic nitrogens is 1. The molecule has 2 heterocycles. The van der Waals surface area contributed by atoms with Crippen LogP contribution in [0.25, 0.3) is 77.9 Å². The average Bonchev–Trinajstić information content (AvgIpc) is 3.82. The largest absolute Gasteiger partial charge is 0.456 e. The molecule has 4 heteroatoms. The second kappa shape index (κ2) is 12.9. The van der Waals surface area contributed by atoms with Crippen molar-refractivity contribution in [2.45, 2.75) is 0 Å². The van der Waals surface area contributed by atoms with Crippen molar-refractivity contribution in [1.82, 2.24) is 4.98 Å². The molecule has 0 amide bonds. The van der Waals surface area contributed by atoms with E-state index in [9.17, 15) is 0 Å². The normalized spacial score (nSPS) is 11.4. The average molecular weight is 681 g/mol. The Balaban J connectivity index is 0.939. The maximum atomic E-state index is 6.39. The van der Waals surface area contributed by atoms with Crippen LogP contribution in [0.2, 0.25) is 0 Å². The first-order chi connectivity index (χ1) is 26.2. The molecule has 0 fully saturated rings. The molecule has 0 saturated heterocycles. The number of para-hydroxylation sites is 1. The van der Waals surface area contributed by atoms with Crippen molar-refractivity contribution in [2.75, 3.05) is 4.90 Å². The van der Waals surface area contributed by atoms with Crippen LogP contribution in [-0.4, -0.2) is 4.98 Å². The summed E-state index contributed by atoms with van der Waals surface area (Å²) in [5, 5.41) is 2.08. The lowest BCUT2D eigenvalue weighted by atomic mass is 10.00. The van der Waals surface area contributed by atoms with E-state index in [2.05, 4.69) is 157 Å². The van der Waals surface area contributed by atoms with Gasteiger partial charge in [0.05, 0.1) is 0 Å². The molecular weight excluding hydrogens is 649 g/mol. The van der Waals surface area contributed by atoms with E-state index in [1.165, 1.54) is 22.3 Å². The molecule has 53 heavy (non-hydrogen) atoms. The van der Waals surface area contributed by atoms with Gasteiger partial charge in [0, 0.05) is 39.5 Å². The van der Waals surface area contributed by atoms with Gasteiger partial charge in [-0.2, -0.15) is 0 Å². The van der Waals surface area contributed by atoms with Crippen LogP contribution in [0.1, 0.15) is 0 Å². The van der Waals surface area contributed by atoms with Gasteiger partial charge in [0.2, 0.25) is 5.89 Å². The van der Waals surface area contributed by atoms with E-state index >= 15 is 0 Å². The Kier molecular flexibility index (Phi) is 7.43. The van der Waals surface area contributed by atoms with E-state index in [1.54, 1.807) is 0 Å². The van der Waals surface area contributed by atoms with E-state index < -0.39 is 0 Å². The molecule has 0 bridgehead atoms. The van der Waals surface area contributed by atoms with Crippen molar-refractivity contribution in [1.29, 1.82) is 0 Å². The molecular formula is C49H32N2O2. The highest BCUT2D eigenvalue weighted by molar-refractivity contribution is 6.09. The molecule has 4 nitrogen and oxygen atoms in total. The maximum Gasteiger partial charge on any atom is 0.227 e. The van der Waals surface area contributed by atoms with E-state index in [-0.39, 0.29) is 0 Å². The first-order valence-electron chi connectivity index (χ1n) is 17.8. The predicted molar refractivity (Wildman–Crippen MR) is 218 cm³/mol. The highest BCUT2D eigenvalue weighted by Crippen LogP contribution is 2.39. The molecule has 0 radical (unpaired) electrons. The van der Waals surface area contributed by atoms with Gasteiger partial charge in [0.1, 0.15) is 16.7 Å². The summed E-state index contributed by atoms with van der Waals surface area (Å²) in [6, 6.07) is 67.7. The van der Waals surface area contributed by atoms with Crippen molar-refractivity contribution in [2.24, 2.45) is 0 Å². The van der Waals surface area contributed by atoms with Gasteiger partial charge in [-0.15, -0.1) is 0 Å². The Morgan fingerprint density at radius 1 is 0.321 bits per heavy atom. The van der Waals surface area contributed by atoms with Crippen LogP contribution in [0.4, 0.5) is 17.1 Å². The molecule has 0 N–H and O–H groups in total. The lowest BCUT2D eigenvalue weighted by Gasteiger charge is -2.26. The molecule has 10 aromatic rings. The molecule has 0 spiro atoms. The number of hydrogen-bond donors (Lipinski definition) is 0. The van der Waals surface area contributed by atoms with Crippen LogP contribution in [0.3, 0.4) is 0 Å². The Morgan fingerprint density at radius 2 is 0.774 bits per heavy atom. The van der Waals surface area contributed by atoms with E-state index in [1.807, 2.05) is 42.5 Å².